The van der Waals surface area contributed by atoms with E-state index in [-0.39, 0.29) is 22.7 Å². The zero-order valence-electron chi connectivity index (χ0n) is 21.0. The minimum atomic E-state index is -4.10. The van der Waals surface area contributed by atoms with Crippen LogP contribution in [0.15, 0.2) is 76.8 Å². The molecule has 1 aromatic heterocycles. The molecule has 0 radical (unpaired) electrons. The Morgan fingerprint density at radius 2 is 1.79 bits per heavy atom. The Labute approximate surface area is 228 Å². The van der Waals surface area contributed by atoms with Gasteiger partial charge in [0.05, 0.1) is 28.3 Å². The lowest BCUT2D eigenvalue weighted by atomic mass is 10.0. The van der Waals surface area contributed by atoms with Gasteiger partial charge in [-0.3, -0.25) is 4.79 Å². The van der Waals surface area contributed by atoms with E-state index in [9.17, 15) is 18.0 Å². The number of carbonyl (C=O) groups excluding carboxylic acids is 2. The van der Waals surface area contributed by atoms with Gasteiger partial charge < -0.3 is 21.0 Å². The average molecular weight is 568 g/mol. The number of nitrogens with two attached hydrogens (primary N) is 2. The van der Waals surface area contributed by atoms with Crippen molar-refractivity contribution in [2.45, 2.75) is 24.3 Å². The minimum absolute atomic E-state index is 0.0143. The maximum atomic E-state index is 13.4. The first-order valence-corrected chi connectivity index (χ1v) is 13.8. The largest absolute Gasteiger partial charge is 0.497 e. The summed E-state index contributed by atoms with van der Waals surface area (Å²) < 4.78 is 35.7. The van der Waals surface area contributed by atoms with Gasteiger partial charge in [0.15, 0.2) is 5.84 Å². The summed E-state index contributed by atoms with van der Waals surface area (Å²) in [6.45, 7) is 1.20. The van der Waals surface area contributed by atoms with Crippen molar-refractivity contribution >= 4 is 49.3 Å². The Morgan fingerprint density at radius 1 is 1.05 bits per heavy atom. The molecule has 3 aromatic carbocycles. The maximum absolute atomic E-state index is 13.4. The maximum Gasteiger partial charge on any atom is 0.332 e. The van der Waals surface area contributed by atoms with Crippen molar-refractivity contribution in [3.05, 3.63) is 88.4 Å². The quantitative estimate of drug-likeness (QED) is 0.113. The highest BCUT2D eigenvalue weighted by molar-refractivity contribution is 7.89. The monoisotopic (exact) mass is 567 g/mol. The molecule has 0 aliphatic heterocycles. The second-order valence-corrected chi connectivity index (χ2v) is 11.2. The molecule has 0 aliphatic carbocycles. The summed E-state index contributed by atoms with van der Waals surface area (Å²) in [5.74, 6) is -0.724. The van der Waals surface area contributed by atoms with Crippen molar-refractivity contribution in [3.63, 3.8) is 0 Å². The molecule has 4 aromatic rings. The van der Waals surface area contributed by atoms with Gasteiger partial charge in [0, 0.05) is 18.1 Å². The zero-order valence-corrected chi connectivity index (χ0v) is 22.6. The van der Waals surface area contributed by atoms with Crippen molar-refractivity contribution in [3.8, 4) is 5.75 Å². The fourth-order valence-electron chi connectivity index (χ4n) is 3.71. The SMILES string of the molecule is COc1ccc2nc(C(Cc3cccc(C(N)=NOC(C)=O)c3)NS(=O)(=O)c3cccc(C(N)=O)c3)sc2c1. The molecule has 13 heteroatoms. The summed E-state index contributed by atoms with van der Waals surface area (Å²) in [6.07, 6.45) is 0.195. The van der Waals surface area contributed by atoms with Crippen molar-refractivity contribution in [1.82, 2.24) is 9.71 Å². The normalized spacial score (nSPS) is 12.7. The summed E-state index contributed by atoms with van der Waals surface area (Å²) in [4.78, 5) is 31.9. The van der Waals surface area contributed by atoms with Crippen LogP contribution in [0.25, 0.3) is 10.2 Å². The molecular weight excluding hydrogens is 542 g/mol. The molecular formula is C26H25N5O6S2. The van der Waals surface area contributed by atoms with Crippen LogP contribution in [0.3, 0.4) is 0 Å². The number of thiazole rings is 1. The number of fused-ring (bicyclic) bond motifs is 1. The van der Waals surface area contributed by atoms with E-state index >= 15 is 0 Å². The van der Waals surface area contributed by atoms with Crippen LogP contribution < -0.4 is 20.9 Å². The first kappa shape index (κ1) is 27.7. The molecule has 1 heterocycles. The Morgan fingerprint density at radius 3 is 2.51 bits per heavy atom. The summed E-state index contributed by atoms with van der Waals surface area (Å²) in [7, 11) is -2.54. The van der Waals surface area contributed by atoms with E-state index in [0.29, 0.717) is 27.4 Å². The van der Waals surface area contributed by atoms with E-state index in [1.807, 2.05) is 6.07 Å². The molecule has 202 valence electrons. The molecule has 0 aliphatic rings. The van der Waals surface area contributed by atoms with Gasteiger partial charge in [0.2, 0.25) is 15.9 Å². The number of nitrogens with zero attached hydrogens (tertiary/aromatic N) is 2. The summed E-state index contributed by atoms with van der Waals surface area (Å²) in [6, 6.07) is 17.0. The Bertz CT molecular complexity index is 1680. The van der Waals surface area contributed by atoms with Crippen LogP contribution in [-0.4, -0.2) is 38.2 Å². The molecule has 11 nitrogen and oxygen atoms in total. The van der Waals surface area contributed by atoms with Crippen molar-refractivity contribution in [1.29, 1.82) is 0 Å². The number of rotatable bonds is 10. The number of nitrogens with one attached hydrogen (secondary N) is 1. The van der Waals surface area contributed by atoms with Crippen LogP contribution >= 0.6 is 11.3 Å². The van der Waals surface area contributed by atoms with Gasteiger partial charge in [-0.15, -0.1) is 11.3 Å². The Hall–Kier alpha value is -4.33. The number of hydrogen-bond donors (Lipinski definition) is 3. The summed E-state index contributed by atoms with van der Waals surface area (Å²) in [5.41, 5.74) is 13.2. The average Bonchev–Trinajstić information content (AvgIpc) is 3.35. The number of carbonyl (C=O) groups is 2. The van der Waals surface area contributed by atoms with Gasteiger partial charge in [-0.1, -0.05) is 29.4 Å². The van der Waals surface area contributed by atoms with Crippen LogP contribution in [0.2, 0.25) is 0 Å². The third-order valence-corrected chi connectivity index (χ3v) is 8.17. The molecule has 0 saturated heterocycles. The van der Waals surface area contributed by atoms with Crippen LogP contribution in [0.5, 0.6) is 5.75 Å². The van der Waals surface area contributed by atoms with Gasteiger partial charge in [-0.05, 0) is 54.4 Å². The number of oxime groups is 1. The van der Waals surface area contributed by atoms with E-state index in [4.69, 9.17) is 16.2 Å². The first-order valence-electron chi connectivity index (χ1n) is 11.5. The van der Waals surface area contributed by atoms with Gasteiger partial charge >= 0.3 is 5.97 Å². The number of sulfonamides is 1. The third kappa shape index (κ3) is 6.76. The van der Waals surface area contributed by atoms with Crippen LogP contribution in [0.1, 0.15) is 39.5 Å². The fraction of sp³-hybridized carbons (Fsp3) is 0.154. The van der Waals surface area contributed by atoms with E-state index < -0.39 is 27.9 Å². The van der Waals surface area contributed by atoms with Crippen molar-refractivity contribution in [2.75, 3.05) is 7.11 Å². The van der Waals surface area contributed by atoms with E-state index in [2.05, 4.69) is 19.7 Å². The van der Waals surface area contributed by atoms with Gasteiger partial charge in [-0.2, -0.15) is 0 Å². The predicted octanol–water partition coefficient (Wildman–Crippen LogP) is 2.85. The van der Waals surface area contributed by atoms with Crippen molar-refractivity contribution in [2.24, 2.45) is 16.6 Å². The number of primary amides is 1. The third-order valence-electron chi connectivity index (χ3n) is 5.57. The Kier molecular flexibility index (Phi) is 8.24. The minimum Gasteiger partial charge on any atom is -0.497 e. The van der Waals surface area contributed by atoms with Gasteiger partial charge in [-0.25, -0.2) is 22.9 Å². The van der Waals surface area contributed by atoms with E-state index in [1.165, 1.54) is 42.5 Å². The highest BCUT2D eigenvalue weighted by Crippen LogP contribution is 2.32. The molecule has 1 amide bonds. The molecule has 1 atom stereocenters. The highest BCUT2D eigenvalue weighted by atomic mass is 32.2. The molecule has 5 N–H and O–H groups in total. The smallest absolute Gasteiger partial charge is 0.332 e. The first-order chi connectivity index (χ1) is 18.6. The molecule has 0 spiro atoms. The number of amidine groups is 1. The number of hydrogen-bond acceptors (Lipinski definition) is 9. The molecule has 1 unspecified atom stereocenters. The predicted molar refractivity (Wildman–Crippen MR) is 147 cm³/mol. The van der Waals surface area contributed by atoms with E-state index in [0.717, 1.165) is 4.70 Å². The van der Waals surface area contributed by atoms with Gasteiger partial charge in [0.1, 0.15) is 10.8 Å². The molecule has 4 rings (SSSR count). The number of methoxy groups -OCH3 is 1. The fourth-order valence-corrected chi connectivity index (χ4v) is 6.08. The standard InChI is InChI=1S/C26H25N5O6S2/c1-15(32)37-30-24(27)17-6-3-5-16(11-17)12-22(26-29-21-10-9-19(36-2)14-23(21)38-26)31-39(34,35)20-8-4-7-18(13-20)25(28)33/h3-11,13-14,22,31H,12H2,1-2H3,(H2,27,30)(H2,28,33). The number of amides is 1. The number of benzene rings is 3. The second-order valence-electron chi connectivity index (χ2n) is 8.42. The van der Waals surface area contributed by atoms with Crippen molar-refractivity contribution < 1.29 is 27.6 Å². The summed E-state index contributed by atoms with van der Waals surface area (Å²) >= 11 is 1.32. The Balaban J connectivity index is 1.73. The molecule has 0 fully saturated rings. The lowest BCUT2D eigenvalue weighted by molar-refractivity contribution is -0.140. The summed E-state index contributed by atoms with van der Waals surface area (Å²) in [5, 5.41) is 4.13. The van der Waals surface area contributed by atoms with Crippen LogP contribution in [0, 0.1) is 0 Å². The second kappa shape index (κ2) is 11.6. The molecule has 39 heavy (non-hydrogen) atoms. The molecule has 0 bridgehead atoms. The number of aromatic nitrogens is 1. The highest BCUT2D eigenvalue weighted by Gasteiger charge is 2.25. The molecule has 0 saturated carbocycles. The van der Waals surface area contributed by atoms with Crippen LogP contribution in [0.4, 0.5) is 0 Å². The number of ether oxygens (including phenoxy) is 1. The zero-order chi connectivity index (χ0) is 28.2. The lowest BCUT2D eigenvalue weighted by Crippen LogP contribution is -2.30. The topological polar surface area (TPSA) is 176 Å². The van der Waals surface area contributed by atoms with Crippen LogP contribution in [-0.2, 0) is 26.1 Å². The van der Waals surface area contributed by atoms with E-state index in [1.54, 1.807) is 43.5 Å². The lowest BCUT2D eigenvalue weighted by Gasteiger charge is -2.18. The van der Waals surface area contributed by atoms with Gasteiger partial charge in [0.25, 0.3) is 0 Å².